The van der Waals surface area contributed by atoms with Crippen LogP contribution in [0.1, 0.15) is 96.8 Å². The number of nitrogens with one attached hydrogen (secondary N) is 2. The van der Waals surface area contributed by atoms with E-state index in [0.717, 1.165) is 28.4 Å². The number of hydrogen-bond donors (Lipinski definition) is 7. The van der Waals surface area contributed by atoms with Crippen molar-refractivity contribution in [2.75, 3.05) is 36.8 Å². The van der Waals surface area contributed by atoms with Crippen LogP contribution >= 0.6 is 0 Å². The number of allylic oxidation sites excluding steroid dienone is 8. The number of hydrogen-bond acceptors (Lipinski definition) is 12. The Morgan fingerprint density at radius 2 is 1.30 bits per heavy atom. The third-order valence-corrected chi connectivity index (χ3v) is 18.0. The lowest BCUT2D eigenvalue weighted by Crippen LogP contribution is -2.53. The van der Waals surface area contributed by atoms with Gasteiger partial charge in [-0.1, -0.05) is 44.6 Å². The number of carbonyl (C=O) groups excluding carboxylic acids is 2. The van der Waals surface area contributed by atoms with Gasteiger partial charge in [0.2, 0.25) is 17.5 Å². The number of aliphatic carboxylic acids is 1. The van der Waals surface area contributed by atoms with E-state index < -0.39 is 96.6 Å². The molecule has 4 aromatic rings. The Morgan fingerprint density at radius 1 is 0.688 bits per heavy atom. The maximum absolute atomic E-state index is 14.8. The lowest BCUT2D eigenvalue weighted by molar-refractivity contribution is -0.433. The predicted molar refractivity (Wildman–Crippen MR) is 290 cm³/mol. The van der Waals surface area contributed by atoms with Crippen LogP contribution in [0.4, 0.5) is 11.4 Å². The summed E-state index contributed by atoms with van der Waals surface area (Å²) in [5.74, 6) is -3.40. The minimum absolute atomic E-state index is 0.00841. The fraction of sp³-hybridized carbons (Fsp3) is 0.396. The van der Waals surface area contributed by atoms with Crippen LogP contribution in [0.3, 0.4) is 0 Å². The lowest BCUT2D eigenvalue weighted by Gasteiger charge is -2.35. The highest BCUT2D eigenvalue weighted by Crippen LogP contribution is 2.52. The third-order valence-electron chi connectivity index (χ3n) is 14.7. The minimum atomic E-state index is -5.02. The Kier molecular flexibility index (Phi) is 16.2. The molecule has 2 aliphatic heterocycles. The van der Waals surface area contributed by atoms with Crippen molar-refractivity contribution in [2.24, 2.45) is 5.41 Å². The average Bonchev–Trinajstić information content (AvgIpc) is 3.69. The van der Waals surface area contributed by atoms with E-state index >= 15 is 0 Å². The number of benzene rings is 4. The highest BCUT2D eigenvalue weighted by Gasteiger charge is 2.50. The second-order valence-electron chi connectivity index (χ2n) is 20.6. The zero-order valence-electron chi connectivity index (χ0n) is 43.5. The molecule has 2 heterocycles. The van der Waals surface area contributed by atoms with Crippen LogP contribution in [0, 0.1) is 12.3 Å². The molecule has 0 fully saturated rings. The van der Waals surface area contributed by atoms with E-state index in [1.807, 2.05) is 64.7 Å². The van der Waals surface area contributed by atoms with Gasteiger partial charge in [0.15, 0.2) is 5.71 Å². The number of carboxylic acids is 1. The van der Waals surface area contributed by atoms with Crippen LogP contribution in [-0.4, -0.2) is 117 Å². The summed E-state index contributed by atoms with van der Waals surface area (Å²) < 4.78 is 141. The number of nitrogens with zero attached hydrogens (tertiary/aromatic N) is 2. The van der Waals surface area contributed by atoms with Gasteiger partial charge in [-0.25, -0.2) is 0 Å². The molecule has 20 nitrogen and oxygen atoms in total. The van der Waals surface area contributed by atoms with Crippen LogP contribution in [0.25, 0.3) is 21.5 Å². The highest BCUT2D eigenvalue weighted by molar-refractivity contribution is 7.87. The van der Waals surface area contributed by atoms with Crippen molar-refractivity contribution >= 4 is 96.9 Å². The number of likely N-dealkylation sites (N-methyl/N-ethyl adjacent to an activating group) is 1. The smallest absolute Gasteiger partial charge is 0.303 e. The van der Waals surface area contributed by atoms with Gasteiger partial charge in [0, 0.05) is 65.9 Å². The summed E-state index contributed by atoms with van der Waals surface area (Å²) in [7, 11) is -19.1. The monoisotopic (exact) mass is 1140 g/mol. The van der Waals surface area contributed by atoms with Crippen LogP contribution in [0.2, 0.25) is 0 Å². The standard InChI is InChI=1S/C53H62N4O16S4/c1-8-56-41-18-16-37-32(3)25-35(75(65,66)67)27-39(37)47(41)51(4,5)44(56)20-14-33-26-34(31-53(30-33,50(61)55-23-24-74(62,63)64)49(60)54-22-12-10-11-13-46(58)59)15-21-45-52(6,7)48-40-28-36(76(68,69)70)29-43(77(71,72)73)38(40)17-19-42(48)57(45)9-2/h14-21,25-29H,8-13,22-24,30-31H2,1-7H3,(H6-,54,55,58,59,60,61,62,63,64,65,66,67,68,69,70,71,72,73)/p+1. The molecule has 7 rings (SSSR count). The van der Waals surface area contributed by atoms with Gasteiger partial charge in [-0.05, 0) is 141 Å². The van der Waals surface area contributed by atoms with E-state index in [1.165, 1.54) is 18.2 Å². The molecule has 1 aliphatic carbocycles. The number of aryl methyl sites for hydroxylation is 1. The van der Waals surface area contributed by atoms with Gasteiger partial charge >= 0.3 is 5.97 Å². The highest BCUT2D eigenvalue weighted by atomic mass is 32.2. The first-order valence-corrected chi connectivity index (χ1v) is 30.7. The fourth-order valence-electron chi connectivity index (χ4n) is 11.2. The van der Waals surface area contributed by atoms with Crippen molar-refractivity contribution in [3.8, 4) is 0 Å². The second-order valence-corrected chi connectivity index (χ2v) is 26.4. The quantitative estimate of drug-likeness (QED) is 0.0213. The van der Waals surface area contributed by atoms with Crippen molar-refractivity contribution in [1.82, 2.24) is 10.6 Å². The lowest BCUT2D eigenvalue weighted by atomic mass is 9.70. The number of fused-ring (bicyclic) bond motifs is 6. The molecular weight excluding hydrogens is 1080 g/mol. The molecular formula is C53H63N4O16S4+. The first-order chi connectivity index (χ1) is 35.7. The van der Waals surface area contributed by atoms with Crippen LogP contribution in [-0.2, 0) is 65.7 Å². The molecule has 7 N–H and O–H groups in total. The molecule has 414 valence electrons. The maximum atomic E-state index is 14.8. The number of unbranched alkanes of at least 4 members (excludes halogenated alkanes) is 2. The Morgan fingerprint density at radius 3 is 1.88 bits per heavy atom. The fourth-order valence-corrected chi connectivity index (χ4v) is 13.5. The summed E-state index contributed by atoms with van der Waals surface area (Å²) in [6.07, 6.45) is 9.48. The third kappa shape index (κ3) is 11.7. The molecule has 0 aromatic heterocycles. The zero-order chi connectivity index (χ0) is 57.0. The van der Waals surface area contributed by atoms with Crippen molar-refractivity contribution in [1.29, 1.82) is 0 Å². The Balaban J connectivity index is 1.40. The molecule has 0 bridgehead atoms. The zero-order valence-corrected chi connectivity index (χ0v) is 46.8. The van der Waals surface area contributed by atoms with Crippen LogP contribution in [0.5, 0.6) is 0 Å². The molecule has 2 amide bonds. The van der Waals surface area contributed by atoms with Crippen LogP contribution < -0.4 is 15.5 Å². The normalized spacial score (nSPS) is 19.6. The largest absolute Gasteiger partial charge is 0.481 e. The minimum Gasteiger partial charge on any atom is -0.481 e. The summed E-state index contributed by atoms with van der Waals surface area (Å²) in [5, 5.41) is 16.1. The topological polar surface area (TPSA) is 319 Å². The summed E-state index contributed by atoms with van der Waals surface area (Å²) >= 11 is 0. The van der Waals surface area contributed by atoms with E-state index in [1.54, 1.807) is 37.3 Å². The summed E-state index contributed by atoms with van der Waals surface area (Å²) in [6, 6.07) is 11.6. The summed E-state index contributed by atoms with van der Waals surface area (Å²) in [4.78, 5) is 40.9. The number of amides is 2. The second kappa shape index (κ2) is 21.3. The van der Waals surface area contributed by atoms with Crippen molar-refractivity contribution in [2.45, 2.75) is 113 Å². The molecule has 1 atom stereocenters. The maximum Gasteiger partial charge on any atom is 0.303 e. The van der Waals surface area contributed by atoms with Gasteiger partial charge in [0.05, 0.1) is 21.0 Å². The molecule has 0 saturated heterocycles. The molecule has 4 aromatic carbocycles. The van der Waals surface area contributed by atoms with Crippen molar-refractivity contribution in [3.05, 3.63) is 112 Å². The number of anilines is 1. The van der Waals surface area contributed by atoms with Crippen LogP contribution in [0.15, 0.2) is 110 Å². The van der Waals surface area contributed by atoms with E-state index in [2.05, 4.69) is 15.2 Å². The first-order valence-electron chi connectivity index (χ1n) is 24.7. The Bertz CT molecular complexity index is 3800. The molecule has 0 spiro atoms. The SMILES string of the molecule is CCN1/C(=C/C=C2C=C(/C=C/C3=[N+](CC)c4ccc5c(C)cc(S(=O)(=O)O)cc5c4C3(C)C)CC(C(=O)NCCCCCC(=O)O)(C(=O)NCCS(=O)(=O)O)C/2)C(C)(C)c2c1ccc1c(S(=O)(=O)O)cc(S(=O)(=O)O)cc21. The van der Waals surface area contributed by atoms with Crippen molar-refractivity contribution in [3.63, 3.8) is 0 Å². The van der Waals surface area contributed by atoms with Gasteiger partial charge in [0.1, 0.15) is 16.9 Å². The average molecular weight is 1140 g/mol. The molecule has 77 heavy (non-hydrogen) atoms. The van der Waals surface area contributed by atoms with E-state index in [9.17, 15) is 66.3 Å². The first kappa shape index (κ1) is 58.6. The molecule has 0 saturated carbocycles. The summed E-state index contributed by atoms with van der Waals surface area (Å²) in [5.41, 5.74) is 1.65. The van der Waals surface area contributed by atoms with Gasteiger partial charge in [-0.15, -0.1) is 0 Å². The molecule has 0 radical (unpaired) electrons. The Hall–Kier alpha value is -6.12. The number of carboxylic acid groups (broad SMARTS) is 1. The predicted octanol–water partition coefficient (Wildman–Crippen LogP) is 7.09. The summed E-state index contributed by atoms with van der Waals surface area (Å²) in [6.45, 7) is 13.4. The van der Waals surface area contributed by atoms with E-state index in [-0.39, 0.29) is 41.5 Å². The van der Waals surface area contributed by atoms with Gasteiger partial charge < -0.3 is 20.6 Å². The van der Waals surface area contributed by atoms with Gasteiger partial charge in [-0.2, -0.15) is 38.2 Å². The van der Waals surface area contributed by atoms with E-state index in [0.29, 0.717) is 77.5 Å². The molecule has 3 aliphatic rings. The molecule has 24 heteroatoms. The van der Waals surface area contributed by atoms with Crippen molar-refractivity contribution < 1.29 is 75.9 Å². The van der Waals surface area contributed by atoms with Gasteiger partial charge in [0.25, 0.3) is 40.5 Å². The Labute approximate surface area is 448 Å². The van der Waals surface area contributed by atoms with E-state index in [4.69, 9.17) is 5.11 Å². The molecule has 1 unspecified atom stereocenters. The number of carbonyl (C=O) groups is 3. The number of rotatable bonds is 19. The van der Waals surface area contributed by atoms with Gasteiger partial charge in [-0.3, -0.25) is 32.6 Å².